The van der Waals surface area contributed by atoms with E-state index in [1.807, 2.05) is 44.4 Å². The number of hydrogen-bond acceptors (Lipinski definition) is 15. The number of nitrogens with one attached hydrogen (secondary N) is 1. The number of aliphatic hydroxyl groups is 4. The summed E-state index contributed by atoms with van der Waals surface area (Å²) in [5, 5.41) is 63.8. The summed E-state index contributed by atoms with van der Waals surface area (Å²) in [4.78, 5) is 40.7. The number of fused-ring (bicyclic) bond motifs is 2. The molecule has 14 atom stereocenters. The fraction of sp³-hybridized carbons (Fsp3) is 0.750. The molecule has 1 aromatic carbocycles. The van der Waals surface area contributed by atoms with Gasteiger partial charge in [0.05, 0.1) is 48.7 Å². The summed E-state index contributed by atoms with van der Waals surface area (Å²) in [6.45, 7) is 12.7. The zero-order valence-electron chi connectivity index (χ0n) is 37.0. The summed E-state index contributed by atoms with van der Waals surface area (Å²) in [6.07, 6.45) is -1.24. The van der Waals surface area contributed by atoms with Crippen molar-refractivity contribution in [3.63, 3.8) is 0 Å². The minimum atomic E-state index is -1.94. The van der Waals surface area contributed by atoms with Crippen LogP contribution in [0.3, 0.4) is 0 Å². The largest absolute Gasteiger partial charge is 0.459 e. The van der Waals surface area contributed by atoms with Crippen molar-refractivity contribution in [2.75, 3.05) is 13.7 Å². The number of aryl methyl sites for hydroxylation is 1. The predicted molar refractivity (Wildman–Crippen MR) is 221 cm³/mol. The molecule has 3 fully saturated rings. The number of rotatable bonds is 14. The van der Waals surface area contributed by atoms with Gasteiger partial charge in [-0.1, -0.05) is 57.0 Å². The molecule has 1 amide bonds. The average molecular weight is 860 g/mol. The number of unbranched alkanes of at least 4 members (excludes halogenated alkanes) is 3. The summed E-state index contributed by atoms with van der Waals surface area (Å²) in [5.74, 6) is -5.02. The Bertz CT molecular complexity index is 1770. The molecule has 342 valence electrons. The van der Waals surface area contributed by atoms with Gasteiger partial charge in [0.1, 0.15) is 29.3 Å². The number of hydrogen-bond donors (Lipinski definition) is 6. The maximum atomic E-state index is 13.9. The normalized spacial score (nSPS) is 36.4. The average Bonchev–Trinajstić information content (AvgIpc) is 3.89. The predicted octanol–water partition coefficient (Wildman–Crippen LogP) is 3.16. The van der Waals surface area contributed by atoms with Gasteiger partial charge in [0.2, 0.25) is 5.91 Å². The fourth-order valence-corrected chi connectivity index (χ4v) is 9.43. The Labute approximate surface area is 359 Å². The van der Waals surface area contributed by atoms with Gasteiger partial charge < -0.3 is 39.4 Å². The zero-order chi connectivity index (χ0) is 44.8. The van der Waals surface area contributed by atoms with Crippen molar-refractivity contribution in [2.45, 2.75) is 173 Å². The molecule has 1 aromatic heterocycles. The van der Waals surface area contributed by atoms with Gasteiger partial charge in [0, 0.05) is 48.9 Å². The number of benzene rings is 1. The molecule has 2 aromatic rings. The second-order valence-corrected chi connectivity index (χ2v) is 18.2. The number of cyclic esters (lactones) is 1. The van der Waals surface area contributed by atoms with E-state index in [0.717, 1.165) is 36.1 Å². The fourth-order valence-electron chi connectivity index (χ4n) is 9.43. The molecule has 0 aliphatic carbocycles. The van der Waals surface area contributed by atoms with Crippen LogP contribution in [0.1, 0.15) is 105 Å². The van der Waals surface area contributed by atoms with E-state index in [1.165, 1.54) is 13.8 Å². The minimum absolute atomic E-state index is 0.0136. The van der Waals surface area contributed by atoms with Crippen molar-refractivity contribution >= 4 is 17.7 Å². The molecule has 17 heteroatoms. The first-order valence-corrected chi connectivity index (χ1v) is 21.9. The molecule has 6 N–H and O–H groups in total. The smallest absolute Gasteiger partial charge is 0.311 e. The van der Waals surface area contributed by atoms with Crippen LogP contribution < -0.4 is 5.48 Å². The molecule has 5 rings (SSSR count). The van der Waals surface area contributed by atoms with Gasteiger partial charge in [0.25, 0.3) is 0 Å². The zero-order valence-corrected chi connectivity index (χ0v) is 37.0. The lowest BCUT2D eigenvalue weighted by Crippen LogP contribution is -2.59. The molecule has 3 aliphatic heterocycles. The Kier molecular flexibility index (Phi) is 16.6. The number of ketones is 1. The Morgan fingerprint density at radius 3 is 2.48 bits per heavy atom. The second-order valence-electron chi connectivity index (χ2n) is 18.2. The van der Waals surface area contributed by atoms with E-state index < -0.39 is 83.7 Å². The summed E-state index contributed by atoms with van der Waals surface area (Å²) in [7, 11) is 1.93. The number of carbonyl (C=O) groups excluding carboxylic acids is 3. The van der Waals surface area contributed by atoms with Gasteiger partial charge >= 0.3 is 5.97 Å². The third kappa shape index (κ3) is 11.4. The number of nitrogens with zero attached hydrogens (tertiary/aromatic N) is 4. The van der Waals surface area contributed by atoms with Gasteiger partial charge in [0.15, 0.2) is 6.29 Å². The monoisotopic (exact) mass is 859 g/mol. The van der Waals surface area contributed by atoms with Crippen LogP contribution in [0.5, 0.6) is 0 Å². The van der Waals surface area contributed by atoms with E-state index in [-0.39, 0.29) is 37.2 Å². The third-order valence-electron chi connectivity index (χ3n) is 13.3. The molecule has 61 heavy (non-hydrogen) atoms. The van der Waals surface area contributed by atoms with Crippen LogP contribution in [0.2, 0.25) is 0 Å². The van der Waals surface area contributed by atoms with Crippen LogP contribution in [-0.4, -0.2) is 137 Å². The van der Waals surface area contributed by atoms with Crippen molar-refractivity contribution in [1.82, 2.24) is 25.4 Å². The molecular weight excluding hydrogens is 791 g/mol. The van der Waals surface area contributed by atoms with Gasteiger partial charge in [-0.2, -0.15) is 0 Å². The van der Waals surface area contributed by atoms with Crippen LogP contribution in [0.15, 0.2) is 30.5 Å². The van der Waals surface area contributed by atoms with Gasteiger partial charge in [-0.25, -0.2) is 5.48 Å². The highest BCUT2D eigenvalue weighted by Crippen LogP contribution is 2.43. The maximum Gasteiger partial charge on any atom is 0.311 e. The third-order valence-corrected chi connectivity index (χ3v) is 13.3. The Morgan fingerprint density at radius 2 is 1.77 bits per heavy atom. The molecule has 3 saturated heterocycles. The number of hydroxylamine groups is 1. The molecule has 4 heterocycles. The van der Waals surface area contributed by atoms with Crippen molar-refractivity contribution in [1.29, 1.82) is 0 Å². The van der Waals surface area contributed by atoms with E-state index in [2.05, 4.69) is 15.2 Å². The number of ether oxygens (including phenoxy) is 4. The van der Waals surface area contributed by atoms with Gasteiger partial charge in [-0.3, -0.25) is 29.2 Å². The summed E-state index contributed by atoms with van der Waals surface area (Å²) < 4.78 is 26.9. The molecule has 0 radical (unpaired) electrons. The van der Waals surface area contributed by atoms with Crippen LogP contribution in [-0.2, 0) is 46.4 Å². The summed E-state index contributed by atoms with van der Waals surface area (Å²) in [6, 6.07) is 7.58. The van der Waals surface area contributed by atoms with Gasteiger partial charge in [-0.05, 0) is 78.5 Å². The number of likely N-dealkylation sites (N-methyl/N-ethyl adjacent to an activating group) is 1. The van der Waals surface area contributed by atoms with E-state index in [0.29, 0.717) is 32.4 Å². The molecule has 0 saturated carbocycles. The summed E-state index contributed by atoms with van der Waals surface area (Å²) >= 11 is 0. The highest BCUT2D eigenvalue weighted by atomic mass is 16.7. The standard InChI is InChI=1S/C44H69N5O12/c1-9-34-44(7,56)39(54)26(3)37(52)31-21-43(6,58-24-31)40(27(4)36(51)28(5)41(55)60-34)61-42-38(53)33(19-25(2)59-42)48(8)22-29-15-14-16-30(20-29)32-23-49(47-45-32)18-13-11-10-12-17-35(50)46-57/h14-16,20,23,25-28,31,33-34,36,38-40,42,51,53-54,56-57H,9-13,17-19,21-22,24H2,1-8H3,(H,46,50)/t25-,26+,27+,28-,31+,33+,34-,36+,38-,39-,40-,42+,43-,44-/m1/s1. The van der Waals surface area contributed by atoms with Crippen LogP contribution in [0.4, 0.5) is 0 Å². The lowest BCUT2D eigenvalue weighted by Gasteiger charge is -2.47. The highest BCUT2D eigenvalue weighted by Gasteiger charge is 2.55. The number of amides is 1. The van der Waals surface area contributed by atoms with E-state index >= 15 is 0 Å². The van der Waals surface area contributed by atoms with E-state index in [4.69, 9.17) is 24.2 Å². The second kappa shape index (κ2) is 20.9. The number of esters is 1. The van der Waals surface area contributed by atoms with Crippen LogP contribution >= 0.6 is 0 Å². The Morgan fingerprint density at radius 1 is 1.05 bits per heavy atom. The molecule has 0 spiro atoms. The first kappa shape index (κ1) is 48.6. The van der Waals surface area contributed by atoms with Crippen molar-refractivity contribution in [3.8, 4) is 11.3 Å². The van der Waals surface area contributed by atoms with Crippen molar-refractivity contribution < 1.29 is 59.0 Å². The number of aromatic nitrogens is 3. The number of Topliss-reactive ketones (excluding diaryl/α,β-unsaturated/α-hetero) is 1. The SMILES string of the molecule is CC[C@H]1OC(=O)[C@H](C)[C@@H](O)[C@H](C)[C@@H](O[C@@H]2O[C@H](C)C[C@H](N(C)Cc3cccc(-c4cn(CCCCCCC(=O)NO)nn4)c3)[C@H]2O)[C@@]2(C)C[C@@H](CO2)C(=O)[C@H](C)[C@@H](O)[C@]1(C)O. The molecule has 2 bridgehead atoms. The van der Waals surface area contributed by atoms with Crippen molar-refractivity contribution in [2.24, 2.45) is 23.7 Å². The van der Waals surface area contributed by atoms with Crippen LogP contribution in [0.25, 0.3) is 11.3 Å². The quantitative estimate of drug-likeness (QED) is 0.0693. The molecule has 17 nitrogen and oxygen atoms in total. The molecule has 3 aliphatic rings. The number of aliphatic hydroxyl groups excluding tert-OH is 3. The first-order valence-electron chi connectivity index (χ1n) is 21.9. The molecular formula is C44H69N5O12. The highest BCUT2D eigenvalue weighted by molar-refractivity contribution is 5.84. The van der Waals surface area contributed by atoms with E-state index in [1.54, 1.807) is 37.9 Å². The maximum absolute atomic E-state index is 13.9. The van der Waals surface area contributed by atoms with Gasteiger partial charge in [-0.15, -0.1) is 5.10 Å². The Hall–Kier alpha value is -3.39. The molecule has 0 unspecified atom stereocenters. The van der Waals surface area contributed by atoms with E-state index in [9.17, 15) is 34.8 Å². The lowest BCUT2D eigenvalue weighted by molar-refractivity contribution is -0.299. The van der Waals surface area contributed by atoms with Crippen LogP contribution in [0, 0.1) is 23.7 Å². The summed E-state index contributed by atoms with van der Waals surface area (Å²) in [5.41, 5.74) is 1.15. The Balaban J connectivity index is 1.30. The minimum Gasteiger partial charge on any atom is -0.459 e. The van der Waals surface area contributed by atoms with Crippen molar-refractivity contribution in [3.05, 3.63) is 36.0 Å². The first-order chi connectivity index (χ1) is 28.8. The lowest BCUT2D eigenvalue weighted by atomic mass is 9.75. The topological polar surface area (TPSA) is 235 Å². The number of carbonyl (C=O) groups is 3.